The molecule has 0 spiro atoms. The van der Waals surface area contributed by atoms with E-state index in [9.17, 15) is 9.59 Å². The molecule has 0 fully saturated rings. The Bertz CT molecular complexity index is 1130. The van der Waals surface area contributed by atoms with E-state index in [1.54, 1.807) is 6.07 Å². The SMILES string of the molecule is CCCN(CCCl)CCOC(=O)CCCCNc1c2ccccc2nc2ccc(C(=O)OC)cc12. The molecule has 1 N–H and O–H groups in total. The number of pyridine rings is 1. The topological polar surface area (TPSA) is 80.8 Å². The lowest BCUT2D eigenvalue weighted by Gasteiger charge is -2.20. The lowest BCUT2D eigenvalue weighted by atomic mass is 10.0. The van der Waals surface area contributed by atoms with Crippen LogP contribution in [0.4, 0.5) is 5.69 Å². The zero-order chi connectivity index (χ0) is 25.0. The minimum absolute atomic E-state index is 0.171. The van der Waals surface area contributed by atoms with Gasteiger partial charge in [0.2, 0.25) is 0 Å². The van der Waals surface area contributed by atoms with E-state index >= 15 is 0 Å². The summed E-state index contributed by atoms with van der Waals surface area (Å²) in [5, 5.41) is 5.35. The van der Waals surface area contributed by atoms with Crippen molar-refractivity contribution in [3.05, 3.63) is 48.0 Å². The predicted octanol–water partition coefficient (Wildman–Crippen LogP) is 5.25. The van der Waals surface area contributed by atoms with Crippen LogP contribution >= 0.6 is 11.6 Å². The molecule has 0 aliphatic carbocycles. The number of nitrogens with zero attached hydrogens (tertiary/aromatic N) is 2. The van der Waals surface area contributed by atoms with E-state index in [0.29, 0.717) is 37.6 Å². The zero-order valence-corrected chi connectivity index (χ0v) is 21.3. The third-order valence-electron chi connectivity index (χ3n) is 5.82. The molecule has 1 aromatic heterocycles. The molecule has 0 unspecified atom stereocenters. The minimum atomic E-state index is -0.384. The molecule has 0 atom stereocenters. The van der Waals surface area contributed by atoms with Gasteiger partial charge in [-0.1, -0.05) is 25.1 Å². The Morgan fingerprint density at radius 2 is 1.83 bits per heavy atom. The van der Waals surface area contributed by atoms with Crippen molar-refractivity contribution in [3.63, 3.8) is 0 Å². The van der Waals surface area contributed by atoms with Gasteiger partial charge in [-0.2, -0.15) is 0 Å². The molecular formula is C27H34ClN3O4. The summed E-state index contributed by atoms with van der Waals surface area (Å²) in [4.78, 5) is 31.1. The van der Waals surface area contributed by atoms with Gasteiger partial charge in [-0.05, 0) is 50.1 Å². The van der Waals surface area contributed by atoms with Gasteiger partial charge in [0.1, 0.15) is 6.61 Å². The van der Waals surface area contributed by atoms with Crippen molar-refractivity contribution < 1.29 is 19.1 Å². The number of hydrogen-bond acceptors (Lipinski definition) is 7. The number of esters is 2. The number of para-hydroxylation sites is 1. The lowest BCUT2D eigenvalue weighted by molar-refractivity contribution is -0.144. The fourth-order valence-electron chi connectivity index (χ4n) is 4.07. The standard InChI is InChI=1S/C27H34ClN3O4/c1-3-15-31(16-13-28)17-18-35-25(32)10-6-7-14-29-26-21-8-4-5-9-23(21)30-24-12-11-20(19-22(24)26)27(33)34-2/h4-5,8-9,11-12,19H,3,6-7,10,13-18H2,1-2H3,(H,29,30). The normalized spacial score (nSPS) is 11.2. The molecule has 0 aliphatic heterocycles. The second kappa shape index (κ2) is 13.9. The highest BCUT2D eigenvalue weighted by Gasteiger charge is 2.13. The molecule has 0 radical (unpaired) electrons. The van der Waals surface area contributed by atoms with E-state index in [1.807, 2.05) is 36.4 Å². The van der Waals surface area contributed by atoms with E-state index < -0.39 is 0 Å². The molecule has 0 amide bonds. The van der Waals surface area contributed by atoms with Crippen LogP contribution in [0.2, 0.25) is 0 Å². The maximum absolute atomic E-state index is 12.1. The number of hydrogen-bond donors (Lipinski definition) is 1. The highest BCUT2D eigenvalue weighted by Crippen LogP contribution is 2.31. The van der Waals surface area contributed by atoms with Crippen LogP contribution < -0.4 is 5.32 Å². The van der Waals surface area contributed by atoms with Crippen molar-refractivity contribution in [2.45, 2.75) is 32.6 Å². The van der Waals surface area contributed by atoms with Gasteiger partial charge in [0, 0.05) is 42.7 Å². The molecular weight excluding hydrogens is 466 g/mol. The highest BCUT2D eigenvalue weighted by atomic mass is 35.5. The summed E-state index contributed by atoms with van der Waals surface area (Å²) in [5.41, 5.74) is 3.08. The van der Waals surface area contributed by atoms with Crippen LogP contribution in [0.1, 0.15) is 43.0 Å². The summed E-state index contributed by atoms with van der Waals surface area (Å²) in [6.07, 6.45) is 2.96. The summed E-state index contributed by atoms with van der Waals surface area (Å²) >= 11 is 5.83. The quantitative estimate of drug-likeness (QED) is 0.140. The van der Waals surface area contributed by atoms with Crippen molar-refractivity contribution in [3.8, 4) is 0 Å². The first-order chi connectivity index (χ1) is 17.1. The average molecular weight is 500 g/mol. The maximum atomic E-state index is 12.1. The first-order valence-corrected chi connectivity index (χ1v) is 12.7. The number of fused-ring (bicyclic) bond motifs is 2. The number of anilines is 1. The van der Waals surface area contributed by atoms with Gasteiger partial charge in [0.25, 0.3) is 0 Å². The number of ether oxygens (including phenoxy) is 2. The van der Waals surface area contributed by atoms with Gasteiger partial charge in [-0.25, -0.2) is 9.78 Å². The van der Waals surface area contributed by atoms with E-state index in [4.69, 9.17) is 26.1 Å². The summed E-state index contributed by atoms with van der Waals surface area (Å²) < 4.78 is 10.3. The van der Waals surface area contributed by atoms with Crippen molar-refractivity contribution in [2.75, 3.05) is 51.1 Å². The monoisotopic (exact) mass is 499 g/mol. The number of nitrogens with one attached hydrogen (secondary N) is 1. The summed E-state index contributed by atoms with van der Waals surface area (Å²) in [7, 11) is 1.37. The van der Waals surface area contributed by atoms with E-state index in [2.05, 4.69) is 17.1 Å². The van der Waals surface area contributed by atoms with E-state index in [1.165, 1.54) is 7.11 Å². The Balaban J connectivity index is 1.56. The molecule has 0 aliphatic rings. The van der Waals surface area contributed by atoms with Crippen LogP contribution in [0.15, 0.2) is 42.5 Å². The molecule has 35 heavy (non-hydrogen) atoms. The molecule has 188 valence electrons. The molecule has 8 heteroatoms. The van der Waals surface area contributed by atoms with Crippen LogP contribution in [0.5, 0.6) is 0 Å². The first kappa shape index (κ1) is 26.7. The second-order valence-corrected chi connectivity index (χ2v) is 8.74. The fraction of sp³-hybridized carbons (Fsp3) is 0.444. The molecule has 0 bridgehead atoms. The number of carbonyl (C=O) groups excluding carboxylic acids is 2. The summed E-state index contributed by atoms with van der Waals surface area (Å²) in [6.45, 7) is 5.67. The minimum Gasteiger partial charge on any atom is -0.465 e. The number of unbranched alkanes of at least 4 members (excludes halogenated alkanes) is 1. The average Bonchev–Trinajstić information content (AvgIpc) is 2.87. The Morgan fingerprint density at radius 1 is 1.03 bits per heavy atom. The van der Waals surface area contributed by atoms with Gasteiger partial charge in [-0.15, -0.1) is 11.6 Å². The molecule has 2 aromatic carbocycles. The number of aromatic nitrogens is 1. The van der Waals surface area contributed by atoms with Crippen LogP contribution in [0, 0.1) is 0 Å². The smallest absolute Gasteiger partial charge is 0.337 e. The number of halogens is 1. The zero-order valence-electron chi connectivity index (χ0n) is 20.5. The Labute approximate surface area is 211 Å². The number of benzene rings is 2. The van der Waals surface area contributed by atoms with Gasteiger partial charge >= 0.3 is 11.9 Å². The molecule has 0 saturated carbocycles. The molecule has 7 nitrogen and oxygen atoms in total. The summed E-state index contributed by atoms with van der Waals surface area (Å²) in [5.74, 6) is 0.0207. The molecule has 3 rings (SSSR count). The number of alkyl halides is 1. The molecule has 3 aromatic rings. The van der Waals surface area contributed by atoms with Crippen molar-refractivity contribution >= 4 is 51.0 Å². The third kappa shape index (κ3) is 7.54. The summed E-state index contributed by atoms with van der Waals surface area (Å²) in [6, 6.07) is 13.3. The fourth-order valence-corrected chi connectivity index (χ4v) is 4.31. The number of methoxy groups -OCH3 is 1. The Kier molecular flexibility index (Phi) is 10.6. The van der Waals surface area contributed by atoms with Crippen LogP contribution in [-0.2, 0) is 14.3 Å². The molecule has 1 heterocycles. The predicted molar refractivity (Wildman–Crippen MR) is 141 cm³/mol. The van der Waals surface area contributed by atoms with Gasteiger partial charge in [0.15, 0.2) is 0 Å². The lowest BCUT2D eigenvalue weighted by Crippen LogP contribution is -2.30. The first-order valence-electron chi connectivity index (χ1n) is 12.2. The highest BCUT2D eigenvalue weighted by molar-refractivity contribution is 6.18. The maximum Gasteiger partial charge on any atom is 0.337 e. The Hall–Kier alpha value is -2.90. The third-order valence-corrected chi connectivity index (χ3v) is 5.99. The van der Waals surface area contributed by atoms with Gasteiger partial charge in [-0.3, -0.25) is 9.69 Å². The van der Waals surface area contributed by atoms with Crippen LogP contribution in [-0.4, -0.2) is 67.6 Å². The number of carbonyl (C=O) groups is 2. The Morgan fingerprint density at radius 3 is 2.60 bits per heavy atom. The molecule has 0 saturated heterocycles. The van der Waals surface area contributed by atoms with E-state index in [0.717, 1.165) is 59.8 Å². The van der Waals surface area contributed by atoms with Crippen molar-refractivity contribution in [1.82, 2.24) is 9.88 Å². The van der Waals surface area contributed by atoms with Crippen molar-refractivity contribution in [2.24, 2.45) is 0 Å². The van der Waals surface area contributed by atoms with E-state index in [-0.39, 0.29) is 11.9 Å². The second-order valence-electron chi connectivity index (χ2n) is 8.36. The van der Waals surface area contributed by atoms with Crippen LogP contribution in [0.25, 0.3) is 21.8 Å². The van der Waals surface area contributed by atoms with Crippen molar-refractivity contribution in [1.29, 1.82) is 0 Å². The van der Waals surface area contributed by atoms with Gasteiger partial charge in [0.05, 0.1) is 29.4 Å². The van der Waals surface area contributed by atoms with Crippen LogP contribution in [0.3, 0.4) is 0 Å². The largest absolute Gasteiger partial charge is 0.465 e. The van der Waals surface area contributed by atoms with Gasteiger partial charge < -0.3 is 14.8 Å². The number of rotatable bonds is 14.